The van der Waals surface area contributed by atoms with E-state index in [1.165, 1.54) is 0 Å². The summed E-state index contributed by atoms with van der Waals surface area (Å²) >= 11 is 3.38. The van der Waals surface area contributed by atoms with Crippen LogP contribution in [0.3, 0.4) is 0 Å². The Hall–Kier alpha value is -0.540. The van der Waals surface area contributed by atoms with Gasteiger partial charge in [-0.25, -0.2) is 0 Å². The van der Waals surface area contributed by atoms with Gasteiger partial charge in [0.05, 0.1) is 6.10 Å². The molecule has 1 aromatic carbocycles. The van der Waals surface area contributed by atoms with Gasteiger partial charge in [0.15, 0.2) is 0 Å². The Morgan fingerprint density at radius 2 is 2.15 bits per heavy atom. The topological polar surface area (TPSA) is 29.5 Å². The Labute approximate surface area is 86.7 Å². The highest BCUT2D eigenvalue weighted by Crippen LogP contribution is 2.20. The van der Waals surface area contributed by atoms with Gasteiger partial charge in [-0.3, -0.25) is 0 Å². The van der Waals surface area contributed by atoms with Gasteiger partial charge >= 0.3 is 0 Å². The predicted molar refractivity (Wildman–Crippen MR) is 56.1 cm³/mol. The number of halogens is 1. The van der Waals surface area contributed by atoms with Crippen LogP contribution in [0.5, 0.6) is 5.75 Å². The molecule has 0 aliphatic rings. The Morgan fingerprint density at radius 3 is 2.69 bits per heavy atom. The van der Waals surface area contributed by atoms with Crippen molar-refractivity contribution < 1.29 is 9.84 Å². The predicted octanol–water partition coefficient (Wildman–Crippen LogP) is 2.52. The van der Waals surface area contributed by atoms with Crippen LogP contribution in [0.2, 0.25) is 0 Å². The minimum atomic E-state index is -0.431. The molecule has 2 nitrogen and oxygen atoms in total. The standard InChI is InChI=1S/C10H13BrO2/c1-7-3-9(11)5-10(4-7)13-6-8(2)12/h3-5,8,12H,6H2,1-2H3. The lowest BCUT2D eigenvalue weighted by Crippen LogP contribution is -2.12. The third-order valence-electron chi connectivity index (χ3n) is 1.51. The zero-order chi connectivity index (χ0) is 9.84. The molecule has 0 radical (unpaired) electrons. The van der Waals surface area contributed by atoms with Crippen LogP contribution in [-0.4, -0.2) is 17.8 Å². The summed E-state index contributed by atoms with van der Waals surface area (Å²) < 4.78 is 6.34. The second-order valence-electron chi connectivity index (χ2n) is 3.12. The molecule has 1 N–H and O–H groups in total. The molecular weight excluding hydrogens is 232 g/mol. The van der Waals surface area contributed by atoms with Crippen LogP contribution >= 0.6 is 15.9 Å². The number of hydrogen-bond donors (Lipinski definition) is 1. The highest BCUT2D eigenvalue weighted by atomic mass is 79.9. The van der Waals surface area contributed by atoms with Crippen LogP contribution in [0.25, 0.3) is 0 Å². The number of rotatable bonds is 3. The van der Waals surface area contributed by atoms with E-state index in [0.717, 1.165) is 15.8 Å². The molecule has 0 saturated heterocycles. The van der Waals surface area contributed by atoms with Gasteiger partial charge in [-0.05, 0) is 37.6 Å². The van der Waals surface area contributed by atoms with E-state index in [2.05, 4.69) is 15.9 Å². The van der Waals surface area contributed by atoms with Crippen molar-refractivity contribution in [1.82, 2.24) is 0 Å². The molecule has 72 valence electrons. The van der Waals surface area contributed by atoms with Crippen LogP contribution < -0.4 is 4.74 Å². The lowest BCUT2D eigenvalue weighted by molar-refractivity contribution is 0.122. The lowest BCUT2D eigenvalue weighted by atomic mass is 10.2. The SMILES string of the molecule is Cc1cc(Br)cc(OCC(C)O)c1. The van der Waals surface area contributed by atoms with Crippen molar-refractivity contribution in [2.45, 2.75) is 20.0 Å². The monoisotopic (exact) mass is 244 g/mol. The number of ether oxygens (including phenoxy) is 1. The largest absolute Gasteiger partial charge is 0.491 e. The molecule has 0 aromatic heterocycles. The van der Waals surface area contributed by atoms with Crippen molar-refractivity contribution >= 4 is 15.9 Å². The van der Waals surface area contributed by atoms with Gasteiger partial charge in [-0.1, -0.05) is 15.9 Å². The average Bonchev–Trinajstić information content (AvgIpc) is 1.99. The third kappa shape index (κ3) is 3.79. The second kappa shape index (κ2) is 4.63. The minimum absolute atomic E-state index is 0.329. The molecular formula is C10H13BrO2. The van der Waals surface area contributed by atoms with Gasteiger partial charge in [-0.15, -0.1) is 0 Å². The molecule has 0 heterocycles. The van der Waals surface area contributed by atoms with Crippen molar-refractivity contribution in [3.8, 4) is 5.75 Å². The number of aliphatic hydroxyl groups excluding tert-OH is 1. The van der Waals surface area contributed by atoms with E-state index in [1.54, 1.807) is 6.92 Å². The molecule has 0 aliphatic carbocycles. The fourth-order valence-electron chi connectivity index (χ4n) is 1.00. The molecule has 3 heteroatoms. The van der Waals surface area contributed by atoms with E-state index in [0.29, 0.717) is 6.61 Å². The van der Waals surface area contributed by atoms with Gasteiger partial charge in [0.1, 0.15) is 12.4 Å². The minimum Gasteiger partial charge on any atom is -0.491 e. The molecule has 0 bridgehead atoms. The smallest absolute Gasteiger partial charge is 0.120 e. The zero-order valence-electron chi connectivity index (χ0n) is 7.75. The average molecular weight is 245 g/mol. The van der Waals surface area contributed by atoms with E-state index >= 15 is 0 Å². The summed E-state index contributed by atoms with van der Waals surface area (Å²) in [6, 6.07) is 5.83. The molecule has 0 amide bonds. The summed E-state index contributed by atoms with van der Waals surface area (Å²) in [5.41, 5.74) is 1.13. The van der Waals surface area contributed by atoms with E-state index < -0.39 is 6.10 Å². The lowest BCUT2D eigenvalue weighted by Gasteiger charge is -2.08. The van der Waals surface area contributed by atoms with Crippen LogP contribution in [0.1, 0.15) is 12.5 Å². The summed E-state index contributed by atoms with van der Waals surface area (Å²) in [7, 11) is 0. The molecule has 0 spiro atoms. The quantitative estimate of drug-likeness (QED) is 0.886. The number of aryl methyl sites for hydroxylation is 1. The van der Waals surface area contributed by atoms with E-state index in [1.807, 2.05) is 25.1 Å². The highest BCUT2D eigenvalue weighted by Gasteiger charge is 1.99. The summed E-state index contributed by atoms with van der Waals surface area (Å²) in [6.45, 7) is 4.03. The van der Waals surface area contributed by atoms with Gasteiger partial charge in [-0.2, -0.15) is 0 Å². The van der Waals surface area contributed by atoms with Crippen molar-refractivity contribution in [2.24, 2.45) is 0 Å². The Balaban J connectivity index is 2.66. The maximum absolute atomic E-state index is 9.02. The molecule has 1 aromatic rings. The molecule has 13 heavy (non-hydrogen) atoms. The Bertz CT molecular complexity index is 264. The van der Waals surface area contributed by atoms with Gasteiger partial charge in [0.25, 0.3) is 0 Å². The van der Waals surface area contributed by atoms with Crippen molar-refractivity contribution in [2.75, 3.05) is 6.61 Å². The van der Waals surface area contributed by atoms with Crippen LogP contribution in [0, 0.1) is 6.92 Å². The molecule has 0 saturated carbocycles. The molecule has 1 atom stereocenters. The molecule has 0 fully saturated rings. The summed E-state index contributed by atoms with van der Waals surface area (Å²) in [4.78, 5) is 0. The number of benzene rings is 1. The number of hydrogen-bond acceptors (Lipinski definition) is 2. The fourth-order valence-corrected chi connectivity index (χ4v) is 1.59. The van der Waals surface area contributed by atoms with E-state index in [-0.39, 0.29) is 0 Å². The van der Waals surface area contributed by atoms with Gasteiger partial charge in [0, 0.05) is 4.47 Å². The van der Waals surface area contributed by atoms with Crippen molar-refractivity contribution in [1.29, 1.82) is 0 Å². The van der Waals surface area contributed by atoms with E-state index in [4.69, 9.17) is 9.84 Å². The van der Waals surface area contributed by atoms with Crippen LogP contribution in [0.4, 0.5) is 0 Å². The molecule has 1 unspecified atom stereocenters. The maximum atomic E-state index is 9.02. The highest BCUT2D eigenvalue weighted by molar-refractivity contribution is 9.10. The first kappa shape index (κ1) is 10.5. The Kier molecular flexibility index (Phi) is 3.75. The van der Waals surface area contributed by atoms with Crippen LogP contribution in [-0.2, 0) is 0 Å². The molecule has 1 rings (SSSR count). The van der Waals surface area contributed by atoms with Gasteiger partial charge in [0.2, 0.25) is 0 Å². The number of aliphatic hydroxyl groups is 1. The first-order chi connectivity index (χ1) is 6.08. The second-order valence-corrected chi connectivity index (χ2v) is 4.04. The van der Waals surface area contributed by atoms with Crippen LogP contribution in [0.15, 0.2) is 22.7 Å². The molecule has 0 aliphatic heterocycles. The van der Waals surface area contributed by atoms with Crippen molar-refractivity contribution in [3.05, 3.63) is 28.2 Å². The van der Waals surface area contributed by atoms with Crippen molar-refractivity contribution in [3.63, 3.8) is 0 Å². The van der Waals surface area contributed by atoms with E-state index in [9.17, 15) is 0 Å². The first-order valence-corrected chi connectivity index (χ1v) is 4.95. The summed E-state index contributed by atoms with van der Waals surface area (Å²) in [5.74, 6) is 0.785. The maximum Gasteiger partial charge on any atom is 0.120 e. The third-order valence-corrected chi connectivity index (χ3v) is 1.96. The Morgan fingerprint density at radius 1 is 1.46 bits per heavy atom. The zero-order valence-corrected chi connectivity index (χ0v) is 9.34. The fraction of sp³-hybridized carbons (Fsp3) is 0.400. The summed E-state index contributed by atoms with van der Waals surface area (Å²) in [6.07, 6.45) is -0.431. The summed E-state index contributed by atoms with van der Waals surface area (Å²) in [5, 5.41) is 9.02. The normalized spacial score (nSPS) is 12.6. The first-order valence-electron chi connectivity index (χ1n) is 4.16. The van der Waals surface area contributed by atoms with Gasteiger partial charge < -0.3 is 9.84 Å².